The van der Waals surface area contributed by atoms with Gasteiger partial charge < -0.3 is 78.2 Å². The summed E-state index contributed by atoms with van der Waals surface area (Å²) in [5.41, 5.74) is 5.75. The SMILES string of the molecule is CCC(C)C(C)(O[Si](C)(C)CCCN)C(C)CC.CNCCCCCCc1ccn(C2CC(O[P+](=O)[O-])C(C)O2)c(=O)n1.[3H]C1CC(OCC(=O)NCCC[Si]OC(C)(C(C)C)C(C)CC)C(O)O1.[3H]C1CC(OCC(=O)NCCC[Si]OC(C)(C(C)C)C(C)CC)C(O)O1.[3H]C1CC(OCC(=O)NCCC[Si]OC(C)(C(C)CC)C(C)CC)C(CO[N]=[V])O1. The van der Waals surface area contributed by atoms with Crippen LogP contribution in [0.3, 0.4) is 0 Å². The topological polar surface area (TPSA) is 373 Å². The van der Waals surface area contributed by atoms with Crippen molar-refractivity contribution < 1.29 is 116 Å². The van der Waals surface area contributed by atoms with Gasteiger partial charge in [-0.3, -0.25) is 14.2 Å². The zero-order valence-electron chi connectivity index (χ0n) is 82.3. The average Bonchev–Trinajstić information content (AvgIpc) is 1.80. The number of rotatable bonds is 59. The van der Waals surface area contributed by atoms with Crippen molar-refractivity contribution in [1.82, 2.24) is 30.8 Å². The summed E-state index contributed by atoms with van der Waals surface area (Å²) < 4.78 is 105. The van der Waals surface area contributed by atoms with Gasteiger partial charge in [0.15, 0.2) is 20.9 Å². The molecule has 122 heavy (non-hydrogen) atoms. The molecule has 0 aromatic carbocycles. The van der Waals surface area contributed by atoms with E-state index in [1.807, 2.05) is 30.3 Å². The van der Waals surface area contributed by atoms with E-state index in [0.29, 0.717) is 109 Å². The molecule has 5 rings (SSSR count). The fraction of sp³-hybridized carbons (Fsp3) is 0.920. The molecule has 5 heterocycles. The second-order valence-corrected chi connectivity index (χ2v) is 43.0. The van der Waals surface area contributed by atoms with E-state index in [-0.39, 0.29) is 97.3 Å². The number of hydrogen-bond acceptors (Lipinski definition) is 25. The predicted molar refractivity (Wildman–Crippen MR) is 481 cm³/mol. The van der Waals surface area contributed by atoms with Gasteiger partial charge in [0.05, 0.1) is 44.4 Å². The number of carbonyl (C=O) groups excluding carboxylic acids is 3. The Hall–Kier alpha value is -2.08. The van der Waals surface area contributed by atoms with Crippen molar-refractivity contribution in [3.8, 4) is 0 Å². The zero-order valence-corrected chi connectivity index (χ0v) is 85.6. The number of aliphatic hydroxyl groups excluding tert-OH is 2. The molecule has 4 aliphatic heterocycles. The number of unbranched alkanes of at least 4 members (excludes halogenated alkanes) is 3. The molecule has 4 saturated heterocycles. The maximum atomic E-state index is 12.2. The van der Waals surface area contributed by atoms with E-state index in [1.54, 1.807) is 13.1 Å². The molecular weight excluding hydrogens is 1690 g/mol. The normalized spacial score (nSPS) is 25.4. The van der Waals surface area contributed by atoms with Crippen LogP contribution in [0.4, 0.5) is 0 Å². The average molecular weight is 1860 g/mol. The predicted octanol–water partition coefficient (Wildman–Crippen LogP) is 13.2. The number of amides is 3. The van der Waals surface area contributed by atoms with E-state index in [4.69, 9.17) is 70.1 Å². The Morgan fingerprint density at radius 1 is 0.639 bits per heavy atom. The molecule has 0 saturated carbocycles. The number of hydrogen-bond donors (Lipinski definition) is 7. The Labute approximate surface area is 759 Å². The van der Waals surface area contributed by atoms with E-state index in [2.05, 4.69) is 182 Å². The quantitative estimate of drug-likeness (QED) is 0.0138. The number of aryl methyl sites for hydroxylation is 1. The Balaban J connectivity index is 0.000000787. The third-order valence-electron chi connectivity index (χ3n) is 25.2. The first-order valence-corrected chi connectivity index (χ1v) is 53.6. The Kier molecular flexibility index (Phi) is 60.2. The van der Waals surface area contributed by atoms with Crippen molar-refractivity contribution in [2.75, 3.05) is 85.9 Å². The van der Waals surface area contributed by atoms with Crippen molar-refractivity contribution in [1.29, 1.82) is 0 Å². The van der Waals surface area contributed by atoms with Gasteiger partial charge in [0, 0.05) is 44.2 Å². The third kappa shape index (κ3) is 45.2. The van der Waals surface area contributed by atoms with Crippen molar-refractivity contribution in [3.05, 3.63) is 28.4 Å². The number of aliphatic hydroxyl groups is 2. The van der Waals surface area contributed by atoms with E-state index < -0.39 is 79.5 Å². The first-order valence-electron chi connectivity index (χ1n) is 47.2. The molecule has 21 atom stereocenters. The van der Waals surface area contributed by atoms with Crippen LogP contribution in [0.1, 0.15) is 277 Å². The van der Waals surface area contributed by atoms with Gasteiger partial charge in [-0.05, 0) is 182 Å². The van der Waals surface area contributed by atoms with Gasteiger partial charge in [0.2, 0.25) is 41.1 Å². The van der Waals surface area contributed by atoms with Crippen LogP contribution >= 0.6 is 8.25 Å². The number of nitrogens with zero attached hydrogens (tertiary/aromatic N) is 3. The molecular formula is C87H169N8O21PSi4V. The molecule has 29 nitrogen and oxygen atoms in total. The molecule has 1 aromatic heterocycles. The Morgan fingerprint density at radius 2 is 1.05 bits per heavy atom. The summed E-state index contributed by atoms with van der Waals surface area (Å²) in [6.45, 7) is 52.4. The van der Waals surface area contributed by atoms with Crippen molar-refractivity contribution in [2.45, 2.75) is 383 Å². The summed E-state index contributed by atoms with van der Waals surface area (Å²) in [7, 11) is -1.31. The van der Waals surface area contributed by atoms with Gasteiger partial charge in [-0.1, -0.05) is 162 Å². The van der Waals surface area contributed by atoms with Gasteiger partial charge in [-0.15, -0.1) is 4.52 Å². The van der Waals surface area contributed by atoms with Gasteiger partial charge in [0.1, 0.15) is 37.8 Å². The van der Waals surface area contributed by atoms with E-state index in [0.717, 1.165) is 120 Å². The molecule has 6 radical (unpaired) electrons. The first kappa shape index (κ1) is 112. The van der Waals surface area contributed by atoms with Crippen LogP contribution in [0.25, 0.3) is 0 Å². The summed E-state index contributed by atoms with van der Waals surface area (Å²) in [5.74, 6) is 3.57. The fourth-order valence-corrected chi connectivity index (χ4v) is 21.0. The number of nitrogens with two attached hydrogens (primary N) is 1. The Morgan fingerprint density at radius 3 is 1.44 bits per heavy atom. The van der Waals surface area contributed by atoms with Crippen molar-refractivity contribution in [3.63, 3.8) is 0 Å². The molecule has 8 N–H and O–H groups in total. The second kappa shape index (κ2) is 65.5. The van der Waals surface area contributed by atoms with Gasteiger partial charge >= 0.3 is 124 Å². The van der Waals surface area contributed by atoms with Crippen LogP contribution < -0.4 is 37.6 Å². The Bertz CT molecular complexity index is 3050. The number of aromatic nitrogens is 2. The summed E-state index contributed by atoms with van der Waals surface area (Å²) in [5, 5.41) is 30.6. The molecule has 4 aliphatic rings. The van der Waals surface area contributed by atoms with Crippen LogP contribution in [-0.2, 0) is 103 Å². The standard InChI is InChI=1S/C20H38N2O5Si.2C18H35NO5Si.C16H26N3O5P.C15H35NOSi.V/c1-6-15(3)20(5,16(4)7-2)27-28-12-8-10-22-19(23)14-25-17-9-11-24-18(17)13-26-21;2*1-6-14(4)18(5,13(2)3)24-25-11-7-9-19-16(20)12-23-15-8-10-22-17(15)21;1-12-14(24-25(21)22)11-15(23-12)19-10-8-13(18-16(19)20)7-5-3-4-6-9-17-2;1-8-13(3)15(5,14(4)9-2)17-18(6,7)12-10-11-16;/h15-18H,6-14H2,1-5H3,(H,22,23);2*13-15,17,21H,6-12H2,1-5H3,(H,19,20);8,10,12,14-15,17H,3-7,9,11H2,1-2H3;13-14H,8-12,16H2,1-7H3;/i11T;2*10T;;;. The molecule has 0 aliphatic carbocycles. The van der Waals surface area contributed by atoms with Gasteiger partial charge in [0.25, 0.3) is 0 Å². The van der Waals surface area contributed by atoms with Crippen LogP contribution in [0, 0.1) is 47.3 Å². The number of carbonyl (C=O) groups is 3. The summed E-state index contributed by atoms with van der Waals surface area (Å²) in [6.07, 6.45) is 12.9. The van der Waals surface area contributed by atoms with Crippen LogP contribution in [0.15, 0.2) is 21.0 Å². The van der Waals surface area contributed by atoms with E-state index in [9.17, 15) is 38.8 Å². The van der Waals surface area contributed by atoms with Crippen molar-refractivity contribution in [2.24, 2.45) is 57.0 Å². The number of ether oxygens (including phenoxy) is 7. The summed E-state index contributed by atoms with van der Waals surface area (Å²) in [6, 6.07) is 5.75. The third-order valence-corrected chi connectivity index (χ3v) is 31.8. The van der Waals surface area contributed by atoms with E-state index in [1.165, 1.54) is 23.5 Å². The van der Waals surface area contributed by atoms with E-state index >= 15 is 0 Å². The first-order chi connectivity index (χ1) is 58.9. The van der Waals surface area contributed by atoms with Crippen molar-refractivity contribution >= 4 is 63.6 Å². The zero-order chi connectivity index (χ0) is 94.7. The molecule has 3 amide bonds. The monoisotopic (exact) mass is 1860 g/mol. The van der Waals surface area contributed by atoms with Gasteiger partial charge in [-0.25, -0.2) is 4.79 Å². The van der Waals surface area contributed by atoms with Gasteiger partial charge in [-0.2, -0.15) is 4.98 Å². The molecule has 709 valence electrons. The minimum absolute atomic E-state index is 0.0216. The summed E-state index contributed by atoms with van der Waals surface area (Å²) in [4.78, 5) is 67.6. The molecule has 0 bridgehead atoms. The molecule has 4 fully saturated rings. The van der Waals surface area contributed by atoms with Crippen LogP contribution in [0.5, 0.6) is 0 Å². The second-order valence-electron chi connectivity index (χ2n) is 34.9. The minimum atomic E-state index is -2.94. The summed E-state index contributed by atoms with van der Waals surface area (Å²) >= 11 is 1.97. The number of nitrogens with one attached hydrogen (secondary N) is 4. The fourth-order valence-electron chi connectivity index (χ4n) is 14.2. The molecule has 1 aromatic rings. The maximum absolute atomic E-state index is 12.2. The molecule has 35 heteroatoms. The van der Waals surface area contributed by atoms with Crippen LogP contribution in [0.2, 0.25) is 37.3 Å². The molecule has 21 unspecified atom stereocenters. The van der Waals surface area contributed by atoms with Crippen LogP contribution in [-0.4, -0.2) is 233 Å². The molecule has 0 spiro atoms.